The van der Waals surface area contributed by atoms with E-state index in [4.69, 9.17) is 9.47 Å². The van der Waals surface area contributed by atoms with E-state index in [1.165, 1.54) is 51.4 Å². The molecule has 3 spiro atoms. The normalized spacial score (nSPS) is 65.0. The molecule has 4 saturated carbocycles. The molecule has 0 aromatic carbocycles. The summed E-state index contributed by atoms with van der Waals surface area (Å²) in [7, 11) is 0. The van der Waals surface area contributed by atoms with Gasteiger partial charge >= 0.3 is 0 Å². The van der Waals surface area contributed by atoms with Gasteiger partial charge in [-0.15, -0.1) is 0 Å². The first-order valence-electron chi connectivity index (χ1n) is 9.77. The van der Waals surface area contributed by atoms with Crippen molar-refractivity contribution in [3.05, 3.63) is 0 Å². The van der Waals surface area contributed by atoms with Crippen molar-refractivity contribution in [3.8, 4) is 0 Å². The van der Waals surface area contributed by atoms with Crippen molar-refractivity contribution < 1.29 is 14.6 Å². The summed E-state index contributed by atoms with van der Waals surface area (Å²) in [5, 5.41) is 11.7. The average Bonchev–Trinajstić information content (AvgIpc) is 2.70. The van der Waals surface area contributed by atoms with Gasteiger partial charge in [-0.05, 0) is 57.3 Å². The largest absolute Gasteiger partial charge is 0.365 e. The third kappa shape index (κ3) is 1.14. The highest BCUT2D eigenvalue weighted by molar-refractivity contribution is 5.27. The van der Waals surface area contributed by atoms with Crippen LogP contribution >= 0.6 is 0 Å². The van der Waals surface area contributed by atoms with Crippen molar-refractivity contribution >= 4 is 0 Å². The number of rotatable bonds is 0. The first-order valence-corrected chi connectivity index (χ1v) is 9.77. The Bertz CT molecular complexity index is 535. The van der Waals surface area contributed by atoms with E-state index in [0.29, 0.717) is 17.8 Å². The minimum Gasteiger partial charge on any atom is -0.365 e. The average molecular weight is 304 g/mol. The first kappa shape index (κ1) is 13.2. The Morgan fingerprint density at radius 1 is 0.773 bits per heavy atom. The molecular formula is C19H28O3. The summed E-state index contributed by atoms with van der Waals surface area (Å²) in [5.74, 6) is 0.275. The standard InChI is InChI=1S/C19H28O3/c20-19-14-7-10-16(19)12-15-6-2-4-9-18(15,22-19)21-17(16)8-3-1-5-13(17)11-14/h13-15,20H,1-12H2. The van der Waals surface area contributed by atoms with Crippen molar-refractivity contribution in [3.63, 3.8) is 0 Å². The van der Waals surface area contributed by atoms with Crippen LogP contribution in [0.5, 0.6) is 0 Å². The van der Waals surface area contributed by atoms with Crippen molar-refractivity contribution in [2.75, 3.05) is 0 Å². The van der Waals surface area contributed by atoms with Gasteiger partial charge in [0.25, 0.3) is 0 Å². The van der Waals surface area contributed by atoms with Gasteiger partial charge in [-0.25, -0.2) is 0 Å². The highest BCUT2D eigenvalue weighted by Gasteiger charge is 2.84. The molecule has 0 amide bonds. The fraction of sp³-hybridized carbons (Fsp3) is 1.00. The molecule has 7 unspecified atom stereocenters. The molecule has 0 radical (unpaired) electrons. The zero-order chi connectivity index (χ0) is 14.6. The number of ether oxygens (including phenoxy) is 2. The molecule has 0 aromatic heterocycles. The summed E-state index contributed by atoms with van der Waals surface area (Å²) >= 11 is 0. The Kier molecular flexibility index (Phi) is 2.25. The topological polar surface area (TPSA) is 38.7 Å². The fourth-order valence-corrected chi connectivity index (χ4v) is 8.04. The van der Waals surface area contributed by atoms with Crippen LogP contribution in [0, 0.1) is 23.2 Å². The first-order chi connectivity index (χ1) is 10.6. The molecule has 3 heterocycles. The molecule has 7 aliphatic rings. The molecule has 0 aromatic rings. The van der Waals surface area contributed by atoms with E-state index >= 15 is 0 Å². The van der Waals surface area contributed by atoms with E-state index in [9.17, 15) is 5.11 Å². The lowest BCUT2D eigenvalue weighted by Gasteiger charge is -2.75. The van der Waals surface area contributed by atoms with Gasteiger partial charge in [-0.2, -0.15) is 0 Å². The summed E-state index contributed by atoms with van der Waals surface area (Å²) in [5.41, 5.74) is -0.142. The van der Waals surface area contributed by atoms with Crippen LogP contribution in [0.1, 0.15) is 77.0 Å². The predicted octanol–water partition coefficient (Wildman–Crippen LogP) is 3.74. The van der Waals surface area contributed by atoms with Crippen LogP contribution in [0.15, 0.2) is 0 Å². The highest BCUT2D eigenvalue weighted by atomic mass is 16.8. The maximum absolute atomic E-state index is 11.7. The second-order valence-corrected chi connectivity index (χ2v) is 9.24. The molecular weight excluding hydrogens is 276 g/mol. The van der Waals surface area contributed by atoms with Crippen LogP contribution in [-0.4, -0.2) is 22.3 Å². The van der Waals surface area contributed by atoms with Crippen LogP contribution < -0.4 is 0 Å². The smallest absolute Gasteiger partial charge is 0.180 e. The molecule has 5 bridgehead atoms. The van der Waals surface area contributed by atoms with Gasteiger partial charge in [0.05, 0.1) is 11.0 Å². The van der Waals surface area contributed by atoms with Crippen LogP contribution in [-0.2, 0) is 9.47 Å². The second-order valence-electron chi connectivity index (χ2n) is 9.24. The second kappa shape index (κ2) is 3.75. The zero-order valence-corrected chi connectivity index (χ0v) is 13.5. The fourth-order valence-electron chi connectivity index (χ4n) is 8.04. The SMILES string of the molecule is OC12OC34CCCCC3CC13CCC2CC1CCCCC13O4. The Labute approximate surface area is 132 Å². The number of aliphatic hydroxyl groups is 1. The lowest BCUT2D eigenvalue weighted by atomic mass is 9.46. The van der Waals surface area contributed by atoms with Crippen molar-refractivity contribution in [1.29, 1.82) is 0 Å². The van der Waals surface area contributed by atoms with Gasteiger partial charge in [-0.1, -0.05) is 19.3 Å². The molecule has 3 heteroatoms. The van der Waals surface area contributed by atoms with E-state index in [0.717, 1.165) is 25.7 Å². The highest BCUT2D eigenvalue weighted by Crippen LogP contribution is 2.78. The molecule has 3 nitrogen and oxygen atoms in total. The van der Waals surface area contributed by atoms with Crippen LogP contribution in [0.4, 0.5) is 0 Å². The van der Waals surface area contributed by atoms with Crippen LogP contribution in [0.25, 0.3) is 0 Å². The molecule has 3 saturated heterocycles. The van der Waals surface area contributed by atoms with Crippen molar-refractivity contribution in [2.45, 2.75) is 94.2 Å². The monoisotopic (exact) mass is 304 g/mol. The minimum absolute atomic E-state index is 0.0565. The Balaban J connectivity index is 1.58. The van der Waals surface area contributed by atoms with Gasteiger partial charge in [0.15, 0.2) is 11.6 Å². The summed E-state index contributed by atoms with van der Waals surface area (Å²) < 4.78 is 13.6. The Morgan fingerprint density at radius 2 is 1.59 bits per heavy atom. The van der Waals surface area contributed by atoms with E-state index < -0.39 is 11.6 Å². The quantitative estimate of drug-likeness (QED) is 0.741. The zero-order valence-electron chi connectivity index (χ0n) is 13.5. The van der Waals surface area contributed by atoms with E-state index in [-0.39, 0.29) is 11.0 Å². The van der Waals surface area contributed by atoms with Crippen molar-refractivity contribution in [2.24, 2.45) is 23.2 Å². The molecule has 22 heavy (non-hydrogen) atoms. The third-order valence-corrected chi connectivity index (χ3v) is 8.78. The molecule has 7 rings (SSSR count). The summed E-state index contributed by atoms with van der Waals surface area (Å²) in [6, 6.07) is 0. The van der Waals surface area contributed by atoms with Gasteiger partial charge < -0.3 is 14.6 Å². The van der Waals surface area contributed by atoms with E-state index in [2.05, 4.69) is 0 Å². The van der Waals surface area contributed by atoms with Crippen molar-refractivity contribution in [1.82, 2.24) is 0 Å². The Morgan fingerprint density at radius 3 is 2.50 bits per heavy atom. The predicted molar refractivity (Wildman–Crippen MR) is 80.9 cm³/mol. The lowest BCUT2D eigenvalue weighted by Crippen LogP contribution is -2.82. The van der Waals surface area contributed by atoms with Crippen LogP contribution in [0.2, 0.25) is 0 Å². The summed E-state index contributed by atoms with van der Waals surface area (Å²) in [4.78, 5) is 0. The van der Waals surface area contributed by atoms with Gasteiger partial charge in [-0.3, -0.25) is 0 Å². The van der Waals surface area contributed by atoms with Gasteiger partial charge in [0, 0.05) is 18.3 Å². The summed E-state index contributed by atoms with van der Waals surface area (Å²) in [6.07, 6.45) is 14.5. The maximum atomic E-state index is 11.7. The lowest BCUT2D eigenvalue weighted by molar-refractivity contribution is -0.548. The van der Waals surface area contributed by atoms with E-state index in [1.807, 2.05) is 0 Å². The van der Waals surface area contributed by atoms with E-state index in [1.54, 1.807) is 0 Å². The van der Waals surface area contributed by atoms with Gasteiger partial charge in [0.1, 0.15) is 0 Å². The maximum Gasteiger partial charge on any atom is 0.180 e. The molecule has 1 N–H and O–H groups in total. The third-order valence-electron chi connectivity index (χ3n) is 8.78. The van der Waals surface area contributed by atoms with Gasteiger partial charge in [0.2, 0.25) is 0 Å². The number of hydrogen-bond donors (Lipinski definition) is 1. The molecule has 122 valence electrons. The number of hydrogen-bond acceptors (Lipinski definition) is 3. The molecule has 3 aliphatic heterocycles. The van der Waals surface area contributed by atoms with Crippen LogP contribution in [0.3, 0.4) is 0 Å². The Hall–Kier alpha value is -0.120. The molecule has 4 aliphatic carbocycles. The minimum atomic E-state index is -0.868. The molecule has 7 fully saturated rings. The summed E-state index contributed by atoms with van der Waals surface area (Å²) in [6.45, 7) is 0. The molecule has 7 atom stereocenters.